The molecule has 200 valence electrons. The molecule has 1 aliphatic heterocycles. The Bertz CT molecular complexity index is 1300. The van der Waals surface area contributed by atoms with E-state index in [2.05, 4.69) is 9.71 Å². The molecule has 0 unspecified atom stereocenters. The summed E-state index contributed by atoms with van der Waals surface area (Å²) in [5.74, 6) is -1.01. The molecule has 13 heteroatoms. The Hall–Kier alpha value is -2.64. The largest absolute Gasteiger partial charge is 0.416 e. The second-order valence-electron chi connectivity index (χ2n) is 9.94. The van der Waals surface area contributed by atoms with Crippen molar-refractivity contribution in [3.8, 4) is 0 Å². The van der Waals surface area contributed by atoms with E-state index in [-0.39, 0.29) is 22.7 Å². The Morgan fingerprint density at radius 1 is 1.22 bits per heavy atom. The van der Waals surface area contributed by atoms with Gasteiger partial charge in [0.15, 0.2) is 5.49 Å². The van der Waals surface area contributed by atoms with Gasteiger partial charge in [-0.1, -0.05) is 20.8 Å². The van der Waals surface area contributed by atoms with Gasteiger partial charge in [-0.25, -0.2) is 0 Å². The Morgan fingerprint density at radius 3 is 2.42 bits per heavy atom. The van der Waals surface area contributed by atoms with Crippen LogP contribution in [0.4, 0.5) is 18.9 Å². The zero-order valence-corrected chi connectivity index (χ0v) is 22.0. The summed E-state index contributed by atoms with van der Waals surface area (Å²) in [5.41, 5.74) is -1.13. The molecule has 0 spiro atoms. The first-order valence-electron chi connectivity index (χ1n) is 11.4. The highest BCUT2D eigenvalue weighted by atomic mass is 32.2. The molecule has 1 aromatic heterocycles. The van der Waals surface area contributed by atoms with Crippen LogP contribution in [0.2, 0.25) is 0 Å². The van der Waals surface area contributed by atoms with E-state index >= 15 is 0 Å². The van der Waals surface area contributed by atoms with E-state index in [1.54, 1.807) is 10.7 Å². The molecule has 1 amide bonds. The monoisotopic (exact) mass is 531 g/mol. The number of halogens is 3. The molecular formula is C23H32F3N5O4S. The predicted molar refractivity (Wildman–Crippen MR) is 129 cm³/mol. The molecule has 1 saturated heterocycles. The van der Waals surface area contributed by atoms with Gasteiger partial charge < -0.3 is 4.74 Å². The average molecular weight is 532 g/mol. The Kier molecular flexibility index (Phi) is 7.78. The summed E-state index contributed by atoms with van der Waals surface area (Å²) < 4.78 is 77.3. The molecule has 0 saturated carbocycles. The standard InChI is InChI=1S/C23H32F3N5O4S/c1-22(2,3)19-13-20(31(30(19)6)14-16-8-7-11-35-16)27-21(32)17-12-15(23(24,25)26)9-10-18(17)28-36(33,34)29(4)5/h9-10,12-13,16,28H,7-8,11,14H2,1-6H3/b27-20+/t16-/m1/s1. The maximum atomic E-state index is 13.4. The second-order valence-corrected chi connectivity index (χ2v) is 11.8. The average Bonchev–Trinajstić information content (AvgIpc) is 3.36. The van der Waals surface area contributed by atoms with Gasteiger partial charge in [-0.15, -0.1) is 0 Å². The number of hydrogen-bond donors (Lipinski definition) is 1. The smallest absolute Gasteiger partial charge is 0.376 e. The number of alkyl halides is 3. The van der Waals surface area contributed by atoms with Crippen molar-refractivity contribution in [3.05, 3.63) is 46.6 Å². The summed E-state index contributed by atoms with van der Waals surface area (Å²) in [5, 5.41) is 0. The molecule has 0 aliphatic carbocycles. The van der Waals surface area contributed by atoms with E-state index < -0.39 is 33.4 Å². The molecule has 1 atom stereocenters. The third kappa shape index (κ3) is 6.19. The second kappa shape index (κ2) is 10.0. The van der Waals surface area contributed by atoms with Gasteiger partial charge in [-0.2, -0.15) is 30.9 Å². The molecule has 36 heavy (non-hydrogen) atoms. The summed E-state index contributed by atoms with van der Waals surface area (Å²) in [7, 11) is 0.236. The van der Waals surface area contributed by atoms with Crippen molar-refractivity contribution in [2.45, 2.75) is 57.9 Å². The lowest BCUT2D eigenvalue weighted by Gasteiger charge is -2.21. The fraction of sp³-hybridized carbons (Fsp3) is 0.565. The number of carbonyl (C=O) groups is 1. The van der Waals surface area contributed by atoms with Crippen molar-refractivity contribution >= 4 is 21.8 Å². The maximum Gasteiger partial charge on any atom is 0.416 e. The fourth-order valence-corrected chi connectivity index (χ4v) is 4.58. The first kappa shape index (κ1) is 27.9. The summed E-state index contributed by atoms with van der Waals surface area (Å²) >= 11 is 0. The van der Waals surface area contributed by atoms with Crippen molar-refractivity contribution in [2.75, 3.05) is 25.4 Å². The maximum absolute atomic E-state index is 13.4. The number of anilines is 1. The SMILES string of the molecule is CN(C)S(=O)(=O)Nc1ccc(C(F)(F)F)cc1C(=O)/N=c1\cc(C(C)(C)C)n(C)n1C[C@H]1CCCO1. The lowest BCUT2D eigenvalue weighted by atomic mass is 9.92. The van der Waals surface area contributed by atoms with Gasteiger partial charge in [0.1, 0.15) is 0 Å². The van der Waals surface area contributed by atoms with Crippen LogP contribution in [0, 0.1) is 0 Å². The molecule has 0 bridgehead atoms. The summed E-state index contributed by atoms with van der Waals surface area (Å²) in [6.45, 7) is 7.01. The molecule has 2 aromatic rings. The van der Waals surface area contributed by atoms with Crippen molar-refractivity contribution < 1.29 is 31.1 Å². The van der Waals surface area contributed by atoms with Gasteiger partial charge >= 0.3 is 16.4 Å². The Morgan fingerprint density at radius 2 is 1.89 bits per heavy atom. The van der Waals surface area contributed by atoms with E-state index in [1.807, 2.05) is 32.5 Å². The molecule has 2 heterocycles. The zero-order chi connectivity index (χ0) is 27.1. The number of amides is 1. The summed E-state index contributed by atoms with van der Waals surface area (Å²) in [6.07, 6.45) is -3.08. The minimum absolute atomic E-state index is 0.0866. The van der Waals surface area contributed by atoms with E-state index in [9.17, 15) is 26.4 Å². The minimum Gasteiger partial charge on any atom is -0.376 e. The number of ether oxygens (including phenoxy) is 1. The van der Waals surface area contributed by atoms with Crippen LogP contribution in [-0.2, 0) is 40.1 Å². The van der Waals surface area contributed by atoms with Crippen LogP contribution in [0.3, 0.4) is 0 Å². The minimum atomic E-state index is -4.74. The number of aromatic nitrogens is 2. The number of hydrogen-bond acceptors (Lipinski definition) is 4. The Labute approximate surface area is 208 Å². The molecule has 3 rings (SSSR count). The van der Waals surface area contributed by atoms with Crippen molar-refractivity contribution in [2.24, 2.45) is 12.0 Å². The predicted octanol–water partition coefficient (Wildman–Crippen LogP) is 3.28. The van der Waals surface area contributed by atoms with Crippen LogP contribution in [-0.4, -0.2) is 54.8 Å². The van der Waals surface area contributed by atoms with Gasteiger partial charge in [-0.3, -0.25) is 18.9 Å². The van der Waals surface area contributed by atoms with Crippen LogP contribution in [0.5, 0.6) is 0 Å². The van der Waals surface area contributed by atoms with Gasteiger partial charge in [0.05, 0.1) is 29.5 Å². The highest BCUT2D eigenvalue weighted by molar-refractivity contribution is 7.90. The normalized spacial score (nSPS) is 17.7. The number of rotatable bonds is 6. The lowest BCUT2D eigenvalue weighted by molar-refractivity contribution is -0.137. The van der Waals surface area contributed by atoms with Crippen LogP contribution < -0.4 is 10.2 Å². The molecule has 1 aliphatic rings. The van der Waals surface area contributed by atoms with Crippen molar-refractivity contribution in [1.29, 1.82) is 0 Å². The highest BCUT2D eigenvalue weighted by Gasteiger charge is 2.32. The van der Waals surface area contributed by atoms with Crippen LogP contribution >= 0.6 is 0 Å². The van der Waals surface area contributed by atoms with E-state index in [0.717, 1.165) is 28.9 Å². The number of nitrogens with zero attached hydrogens (tertiary/aromatic N) is 4. The highest BCUT2D eigenvalue weighted by Crippen LogP contribution is 2.32. The van der Waals surface area contributed by atoms with E-state index in [4.69, 9.17) is 4.74 Å². The third-order valence-corrected chi connectivity index (χ3v) is 7.36. The van der Waals surface area contributed by atoms with Crippen LogP contribution in [0.1, 0.15) is 55.2 Å². The van der Waals surface area contributed by atoms with Gasteiger partial charge in [0.2, 0.25) is 0 Å². The number of nitrogens with one attached hydrogen (secondary N) is 1. The third-order valence-electron chi connectivity index (χ3n) is 5.92. The van der Waals surface area contributed by atoms with Crippen molar-refractivity contribution in [1.82, 2.24) is 13.7 Å². The number of carbonyl (C=O) groups excluding carboxylic acids is 1. The summed E-state index contributed by atoms with van der Waals surface area (Å²) in [4.78, 5) is 17.5. The van der Waals surface area contributed by atoms with Crippen LogP contribution in [0.25, 0.3) is 0 Å². The first-order valence-corrected chi connectivity index (χ1v) is 12.8. The molecular weight excluding hydrogens is 499 g/mol. The van der Waals surface area contributed by atoms with Gasteiger partial charge in [0.25, 0.3) is 5.91 Å². The lowest BCUT2D eigenvalue weighted by Crippen LogP contribution is -2.31. The van der Waals surface area contributed by atoms with Crippen LogP contribution in [0.15, 0.2) is 29.3 Å². The molecule has 9 nitrogen and oxygen atoms in total. The number of benzene rings is 1. The topological polar surface area (TPSA) is 97.9 Å². The van der Waals surface area contributed by atoms with E-state index in [0.29, 0.717) is 25.3 Å². The van der Waals surface area contributed by atoms with E-state index in [1.165, 1.54) is 14.1 Å². The van der Waals surface area contributed by atoms with Gasteiger partial charge in [0, 0.05) is 44.9 Å². The first-order chi connectivity index (χ1) is 16.5. The van der Waals surface area contributed by atoms with Gasteiger partial charge in [-0.05, 0) is 31.0 Å². The molecule has 0 radical (unpaired) electrons. The van der Waals surface area contributed by atoms with Crippen molar-refractivity contribution in [3.63, 3.8) is 0 Å². The quantitative estimate of drug-likeness (QED) is 0.619. The Balaban J connectivity index is 2.17. The molecule has 1 aromatic carbocycles. The zero-order valence-electron chi connectivity index (χ0n) is 21.2. The fourth-order valence-electron chi connectivity index (χ4n) is 3.94. The molecule has 1 N–H and O–H groups in total. The summed E-state index contributed by atoms with van der Waals surface area (Å²) in [6, 6.07) is 3.95. The molecule has 1 fully saturated rings.